The molecular formula is C35H58N2P2. The molecule has 2 unspecified atom stereocenters. The van der Waals surface area contributed by atoms with Crippen LogP contribution >= 0.6 is 15.0 Å². The third-order valence-electron chi connectivity index (χ3n) is 8.92. The maximum Gasteiger partial charge on any atom is 0.0690 e. The van der Waals surface area contributed by atoms with Crippen molar-refractivity contribution < 1.29 is 0 Å². The van der Waals surface area contributed by atoms with E-state index in [0.29, 0.717) is 46.2 Å². The van der Waals surface area contributed by atoms with Crippen molar-refractivity contribution in [1.29, 1.82) is 0 Å². The smallest absolute Gasteiger partial charge is 0.0690 e. The van der Waals surface area contributed by atoms with E-state index in [0.717, 1.165) is 0 Å². The van der Waals surface area contributed by atoms with E-state index in [1.54, 1.807) is 0 Å². The SMILES string of the molecule is CC(C)c1cccc(C(C)C)c1NC1CCCC1P(=Nc1ccccc1P(C(C)C)C(C)C)(C(C)C)C(C)C. The summed E-state index contributed by atoms with van der Waals surface area (Å²) in [5.41, 5.74) is 8.69. The second-order valence-electron chi connectivity index (χ2n) is 13.5. The van der Waals surface area contributed by atoms with Crippen molar-refractivity contribution in [3.8, 4) is 0 Å². The third-order valence-corrected chi connectivity index (χ3v) is 17.6. The zero-order chi connectivity index (χ0) is 29.1. The van der Waals surface area contributed by atoms with Gasteiger partial charge in [-0.25, -0.2) is 0 Å². The van der Waals surface area contributed by atoms with Gasteiger partial charge in [0.15, 0.2) is 0 Å². The number of anilines is 1. The van der Waals surface area contributed by atoms with Crippen LogP contribution in [-0.4, -0.2) is 34.3 Å². The van der Waals surface area contributed by atoms with E-state index >= 15 is 0 Å². The predicted octanol–water partition coefficient (Wildman–Crippen LogP) is 11.5. The molecule has 0 heterocycles. The fraction of sp³-hybridized carbons (Fsp3) is 0.657. The summed E-state index contributed by atoms with van der Waals surface area (Å²) >= 11 is 0. The van der Waals surface area contributed by atoms with Crippen LogP contribution in [0.2, 0.25) is 0 Å². The lowest BCUT2D eigenvalue weighted by molar-refractivity contribution is 0.730. The maximum atomic E-state index is 6.05. The van der Waals surface area contributed by atoms with E-state index in [4.69, 9.17) is 4.74 Å². The molecule has 1 aliphatic carbocycles. The lowest BCUT2D eigenvalue weighted by Gasteiger charge is -2.42. The van der Waals surface area contributed by atoms with Gasteiger partial charge in [0.1, 0.15) is 0 Å². The fourth-order valence-electron chi connectivity index (χ4n) is 7.28. The molecule has 0 aliphatic heterocycles. The zero-order valence-electron chi connectivity index (χ0n) is 27.1. The number of benzene rings is 2. The van der Waals surface area contributed by atoms with Gasteiger partial charge in [0.25, 0.3) is 0 Å². The van der Waals surface area contributed by atoms with Crippen molar-refractivity contribution in [2.24, 2.45) is 4.74 Å². The number of hydrogen-bond donors (Lipinski definition) is 1. The molecule has 0 amide bonds. The Morgan fingerprint density at radius 1 is 0.718 bits per heavy atom. The number of para-hydroxylation sites is 1. The van der Waals surface area contributed by atoms with E-state index < -0.39 is 7.05 Å². The largest absolute Gasteiger partial charge is 0.381 e. The Morgan fingerprint density at radius 2 is 1.26 bits per heavy atom. The molecule has 1 saturated carbocycles. The van der Waals surface area contributed by atoms with Gasteiger partial charge < -0.3 is 5.32 Å². The highest BCUT2D eigenvalue weighted by atomic mass is 31.2. The quantitative estimate of drug-likeness (QED) is 0.268. The van der Waals surface area contributed by atoms with Crippen LogP contribution in [-0.2, 0) is 0 Å². The Labute approximate surface area is 243 Å². The van der Waals surface area contributed by atoms with E-state index in [2.05, 4.69) is 131 Å². The number of hydrogen-bond acceptors (Lipinski definition) is 2. The molecule has 2 nitrogen and oxygen atoms in total. The molecule has 0 bridgehead atoms. The second-order valence-corrected chi connectivity index (χ2v) is 21.4. The monoisotopic (exact) mass is 568 g/mol. The maximum absolute atomic E-state index is 6.05. The van der Waals surface area contributed by atoms with Crippen LogP contribution in [0.15, 0.2) is 47.2 Å². The van der Waals surface area contributed by atoms with Crippen molar-refractivity contribution >= 4 is 31.7 Å². The Morgan fingerprint density at radius 3 is 1.74 bits per heavy atom. The van der Waals surface area contributed by atoms with Gasteiger partial charge in [-0.3, -0.25) is 4.74 Å². The summed E-state index contributed by atoms with van der Waals surface area (Å²) in [6.45, 7) is 28.9. The normalized spacial score (nSPS) is 18.5. The summed E-state index contributed by atoms with van der Waals surface area (Å²) in [6.07, 6.45) is 3.83. The molecule has 0 saturated heterocycles. The van der Waals surface area contributed by atoms with Crippen LogP contribution in [0.4, 0.5) is 11.4 Å². The minimum Gasteiger partial charge on any atom is -0.381 e. The van der Waals surface area contributed by atoms with Gasteiger partial charge >= 0.3 is 0 Å². The standard InChI is InChI=1S/C35H58N2P2/c1-23(2)29-17-15-18-30(24(3)4)35(29)36-32-20-16-22-34(32)39(27(9)10,28(11)12)37-31-19-13-14-21-33(31)38(25(5)6)26(7)8/h13-15,17-19,21,23-28,32,34,36H,16,20,22H2,1-12H3. The summed E-state index contributed by atoms with van der Waals surface area (Å²) in [4.78, 5) is 0. The third kappa shape index (κ3) is 6.87. The summed E-state index contributed by atoms with van der Waals surface area (Å²) in [7, 11) is -2.00. The zero-order valence-corrected chi connectivity index (χ0v) is 28.9. The molecule has 3 rings (SSSR count). The van der Waals surface area contributed by atoms with Gasteiger partial charge in [0.2, 0.25) is 0 Å². The highest BCUT2D eigenvalue weighted by Gasteiger charge is 2.44. The van der Waals surface area contributed by atoms with E-state index in [9.17, 15) is 0 Å². The van der Waals surface area contributed by atoms with Gasteiger partial charge in [-0.1, -0.05) is 134 Å². The number of rotatable bonds is 11. The van der Waals surface area contributed by atoms with Crippen LogP contribution in [0.3, 0.4) is 0 Å². The van der Waals surface area contributed by atoms with Gasteiger partial charge in [0, 0.05) is 22.7 Å². The fourth-order valence-corrected chi connectivity index (χ4v) is 15.6. The molecule has 0 radical (unpaired) electrons. The summed E-state index contributed by atoms with van der Waals surface area (Å²) < 4.78 is 6.05. The first kappa shape index (κ1) is 32.4. The average molecular weight is 569 g/mol. The highest BCUT2D eigenvalue weighted by Crippen LogP contribution is 2.68. The minimum absolute atomic E-state index is 0.264. The van der Waals surface area contributed by atoms with Crippen molar-refractivity contribution in [1.82, 2.24) is 0 Å². The summed E-state index contributed by atoms with van der Waals surface area (Å²) in [5, 5.41) is 5.76. The molecule has 39 heavy (non-hydrogen) atoms. The average Bonchev–Trinajstić information content (AvgIpc) is 3.30. The Hall–Kier alpha value is -1.10. The Kier molecular flexibility index (Phi) is 11.4. The molecule has 218 valence electrons. The lowest BCUT2D eigenvalue weighted by Crippen LogP contribution is -2.34. The molecular weight excluding hydrogens is 510 g/mol. The molecule has 2 atom stereocenters. The van der Waals surface area contributed by atoms with Crippen molar-refractivity contribution in [2.75, 3.05) is 5.32 Å². The van der Waals surface area contributed by atoms with Crippen LogP contribution in [0.1, 0.15) is 125 Å². The lowest BCUT2D eigenvalue weighted by atomic mass is 9.92. The highest BCUT2D eigenvalue weighted by molar-refractivity contribution is 7.69. The van der Waals surface area contributed by atoms with Crippen LogP contribution in [0, 0.1) is 0 Å². The number of nitrogens with zero attached hydrogens (tertiary/aromatic N) is 1. The molecule has 4 heteroatoms. The topological polar surface area (TPSA) is 24.4 Å². The molecule has 0 spiro atoms. The van der Waals surface area contributed by atoms with Crippen LogP contribution in [0.5, 0.6) is 0 Å². The van der Waals surface area contributed by atoms with Gasteiger partial charge in [-0.15, -0.1) is 0 Å². The van der Waals surface area contributed by atoms with Crippen molar-refractivity contribution in [3.05, 3.63) is 53.6 Å². The summed E-state index contributed by atoms with van der Waals surface area (Å²) in [5.74, 6) is 1.01. The van der Waals surface area contributed by atoms with Gasteiger partial charge in [0.05, 0.1) is 5.69 Å². The second kappa shape index (κ2) is 13.7. The first-order valence-electron chi connectivity index (χ1n) is 15.7. The van der Waals surface area contributed by atoms with Gasteiger partial charge in [-0.2, -0.15) is 0 Å². The van der Waals surface area contributed by atoms with Gasteiger partial charge in [-0.05, 0) is 71.6 Å². The van der Waals surface area contributed by atoms with Crippen molar-refractivity contribution in [2.45, 2.75) is 149 Å². The van der Waals surface area contributed by atoms with E-state index in [-0.39, 0.29) is 7.92 Å². The minimum atomic E-state index is -1.73. The molecule has 0 aromatic heterocycles. The molecule has 2 aromatic rings. The molecule has 1 fully saturated rings. The van der Waals surface area contributed by atoms with Crippen LogP contribution in [0.25, 0.3) is 0 Å². The van der Waals surface area contributed by atoms with E-state index in [1.807, 2.05) is 0 Å². The molecule has 2 aromatic carbocycles. The van der Waals surface area contributed by atoms with E-state index in [1.165, 1.54) is 47.1 Å². The molecule has 1 N–H and O–H groups in total. The Bertz CT molecular complexity index is 1080. The van der Waals surface area contributed by atoms with Crippen molar-refractivity contribution in [3.63, 3.8) is 0 Å². The van der Waals surface area contributed by atoms with Crippen LogP contribution < -0.4 is 10.6 Å². The number of nitrogens with one attached hydrogen (secondary N) is 1. The summed E-state index contributed by atoms with van der Waals surface area (Å²) in [6, 6.07) is 16.6. The predicted molar refractivity (Wildman–Crippen MR) is 182 cm³/mol. The Balaban J connectivity index is 2.20. The first-order valence-corrected chi connectivity index (χ1v) is 19.1. The molecule has 1 aliphatic rings. The first-order chi connectivity index (χ1) is 18.3.